The molecule has 0 radical (unpaired) electrons. The van der Waals surface area contributed by atoms with Crippen molar-refractivity contribution in [2.24, 2.45) is 5.10 Å². The van der Waals surface area contributed by atoms with Crippen molar-refractivity contribution in [1.82, 2.24) is 20.2 Å². The number of amides is 1. The Bertz CT molecular complexity index is 1160. The number of aromatic nitrogens is 3. The maximum Gasteiger partial charge on any atom is 0.250 e. The Hall–Kier alpha value is -3.73. The van der Waals surface area contributed by atoms with Crippen LogP contribution in [0.3, 0.4) is 0 Å². The molecule has 0 aliphatic carbocycles. The van der Waals surface area contributed by atoms with Crippen LogP contribution in [-0.2, 0) is 11.3 Å². The second-order valence-corrected chi connectivity index (χ2v) is 7.75. The van der Waals surface area contributed by atoms with Crippen LogP contribution in [0.15, 0.2) is 46.7 Å². The summed E-state index contributed by atoms with van der Waals surface area (Å²) >= 11 is 1.28. The molecule has 1 aromatic heterocycles. The van der Waals surface area contributed by atoms with Gasteiger partial charge in [-0.2, -0.15) is 5.10 Å². The number of nitrogens with one attached hydrogen (secondary N) is 1. The molecule has 1 N–H and O–H groups in total. The molecule has 180 valence electrons. The number of hydrogen-bond acceptors (Lipinski definition) is 9. The molecule has 10 nitrogen and oxygen atoms in total. The number of ether oxygens (including phenoxy) is 4. The Morgan fingerprint density at radius 1 is 1.00 bits per heavy atom. The van der Waals surface area contributed by atoms with Crippen LogP contribution in [0.5, 0.6) is 23.0 Å². The molecule has 1 amide bonds. The predicted octanol–water partition coefficient (Wildman–Crippen LogP) is 3.24. The van der Waals surface area contributed by atoms with Crippen LogP contribution < -0.4 is 24.4 Å². The van der Waals surface area contributed by atoms with Gasteiger partial charge in [0.05, 0.1) is 40.4 Å². The SMILES string of the molecule is CCn1c(SCC(=O)N/N=C\c2ccc(OC)cc2OC)nnc1-c1ccc(OC)c(OC)c1. The van der Waals surface area contributed by atoms with Gasteiger partial charge in [0, 0.05) is 23.7 Å². The van der Waals surface area contributed by atoms with Crippen LogP contribution in [0.4, 0.5) is 0 Å². The van der Waals surface area contributed by atoms with Crippen molar-refractivity contribution < 1.29 is 23.7 Å². The topological polar surface area (TPSA) is 109 Å². The molecular formula is C23H27N5O5S. The van der Waals surface area contributed by atoms with Gasteiger partial charge in [-0.25, -0.2) is 5.43 Å². The zero-order valence-corrected chi connectivity index (χ0v) is 20.5. The van der Waals surface area contributed by atoms with Crippen LogP contribution in [0, 0.1) is 0 Å². The minimum atomic E-state index is -0.271. The van der Waals surface area contributed by atoms with E-state index in [0.29, 0.717) is 46.1 Å². The van der Waals surface area contributed by atoms with Crippen LogP contribution in [0.2, 0.25) is 0 Å². The van der Waals surface area contributed by atoms with Crippen molar-refractivity contribution in [2.75, 3.05) is 34.2 Å². The minimum absolute atomic E-state index is 0.126. The third-order valence-corrected chi connectivity index (χ3v) is 5.81. The molecule has 0 atom stereocenters. The molecule has 34 heavy (non-hydrogen) atoms. The Balaban J connectivity index is 1.64. The van der Waals surface area contributed by atoms with Crippen molar-refractivity contribution >= 4 is 23.9 Å². The Morgan fingerprint density at radius 2 is 1.76 bits per heavy atom. The van der Waals surface area contributed by atoms with E-state index in [0.717, 1.165) is 5.56 Å². The van der Waals surface area contributed by atoms with E-state index < -0.39 is 0 Å². The van der Waals surface area contributed by atoms with Crippen molar-refractivity contribution in [3.8, 4) is 34.4 Å². The van der Waals surface area contributed by atoms with Gasteiger partial charge < -0.3 is 23.5 Å². The molecule has 0 bridgehead atoms. The van der Waals surface area contributed by atoms with Gasteiger partial charge in [0.1, 0.15) is 11.5 Å². The third kappa shape index (κ3) is 5.79. The van der Waals surface area contributed by atoms with E-state index in [1.165, 1.54) is 18.0 Å². The normalized spacial score (nSPS) is 10.9. The Kier molecular flexibility index (Phi) is 8.74. The Morgan fingerprint density at radius 3 is 2.44 bits per heavy atom. The van der Waals surface area contributed by atoms with E-state index in [1.54, 1.807) is 46.6 Å². The van der Waals surface area contributed by atoms with E-state index in [9.17, 15) is 4.79 Å². The zero-order valence-electron chi connectivity index (χ0n) is 19.7. The van der Waals surface area contributed by atoms with Gasteiger partial charge in [-0.1, -0.05) is 11.8 Å². The molecule has 3 aromatic rings. The highest BCUT2D eigenvalue weighted by molar-refractivity contribution is 7.99. The first-order chi connectivity index (χ1) is 16.5. The fourth-order valence-corrected chi connectivity index (χ4v) is 3.93. The fraction of sp³-hybridized carbons (Fsp3) is 0.304. The number of benzene rings is 2. The molecule has 0 fully saturated rings. The summed E-state index contributed by atoms with van der Waals surface area (Å²) in [7, 11) is 6.31. The molecular weight excluding hydrogens is 458 g/mol. The predicted molar refractivity (Wildman–Crippen MR) is 130 cm³/mol. The van der Waals surface area contributed by atoms with Gasteiger partial charge in [0.2, 0.25) is 0 Å². The van der Waals surface area contributed by atoms with Gasteiger partial charge in [-0.05, 0) is 37.3 Å². The maximum absolute atomic E-state index is 12.3. The van der Waals surface area contributed by atoms with Gasteiger partial charge in [0.15, 0.2) is 22.5 Å². The summed E-state index contributed by atoms with van der Waals surface area (Å²) < 4.78 is 23.1. The van der Waals surface area contributed by atoms with Gasteiger partial charge in [-0.3, -0.25) is 4.79 Å². The summed E-state index contributed by atoms with van der Waals surface area (Å²) in [6.07, 6.45) is 1.52. The number of thioether (sulfide) groups is 1. The van der Waals surface area contributed by atoms with Gasteiger partial charge in [0.25, 0.3) is 5.91 Å². The lowest BCUT2D eigenvalue weighted by molar-refractivity contribution is -0.118. The quantitative estimate of drug-likeness (QED) is 0.250. The molecule has 0 aliphatic rings. The molecule has 1 heterocycles. The van der Waals surface area contributed by atoms with Crippen LogP contribution in [0.1, 0.15) is 12.5 Å². The number of carbonyl (C=O) groups is 1. The third-order valence-electron chi connectivity index (χ3n) is 4.84. The lowest BCUT2D eigenvalue weighted by atomic mass is 10.2. The molecule has 0 unspecified atom stereocenters. The van der Waals surface area contributed by atoms with Crippen molar-refractivity contribution in [3.63, 3.8) is 0 Å². The van der Waals surface area contributed by atoms with Crippen LogP contribution in [0.25, 0.3) is 11.4 Å². The minimum Gasteiger partial charge on any atom is -0.497 e. The summed E-state index contributed by atoms with van der Waals surface area (Å²) in [5.74, 6) is 3.02. The van der Waals surface area contributed by atoms with E-state index in [-0.39, 0.29) is 11.7 Å². The zero-order chi connectivity index (χ0) is 24.5. The summed E-state index contributed by atoms with van der Waals surface area (Å²) in [6.45, 7) is 2.63. The molecule has 0 saturated carbocycles. The molecule has 2 aromatic carbocycles. The molecule has 0 spiro atoms. The average Bonchev–Trinajstić information content (AvgIpc) is 3.29. The summed E-state index contributed by atoms with van der Waals surface area (Å²) in [6, 6.07) is 10.9. The smallest absolute Gasteiger partial charge is 0.250 e. The second kappa shape index (κ2) is 11.9. The number of methoxy groups -OCH3 is 4. The fourth-order valence-electron chi connectivity index (χ4n) is 3.13. The van der Waals surface area contributed by atoms with E-state index >= 15 is 0 Å². The molecule has 0 saturated heterocycles. The van der Waals surface area contributed by atoms with Gasteiger partial charge >= 0.3 is 0 Å². The summed E-state index contributed by atoms with van der Waals surface area (Å²) in [5, 5.41) is 13.2. The highest BCUT2D eigenvalue weighted by Crippen LogP contribution is 2.32. The van der Waals surface area contributed by atoms with Gasteiger partial charge in [-0.15, -0.1) is 10.2 Å². The van der Waals surface area contributed by atoms with Crippen LogP contribution >= 0.6 is 11.8 Å². The number of rotatable bonds is 11. The van der Waals surface area contributed by atoms with E-state index in [1.807, 2.05) is 29.7 Å². The maximum atomic E-state index is 12.3. The number of hydrazone groups is 1. The molecule has 0 aliphatic heterocycles. The lowest BCUT2D eigenvalue weighted by Crippen LogP contribution is -2.20. The highest BCUT2D eigenvalue weighted by atomic mass is 32.2. The monoisotopic (exact) mass is 485 g/mol. The van der Waals surface area contributed by atoms with E-state index in [2.05, 4.69) is 20.7 Å². The average molecular weight is 486 g/mol. The Labute approximate surface area is 202 Å². The standard InChI is InChI=1S/C23H27N5O5S/c1-6-28-22(15-8-10-18(31-3)20(11-15)33-5)26-27-23(28)34-14-21(29)25-24-13-16-7-9-17(30-2)12-19(16)32-4/h7-13H,6,14H2,1-5H3,(H,25,29)/b24-13-. The van der Waals surface area contributed by atoms with Crippen molar-refractivity contribution in [1.29, 1.82) is 0 Å². The molecule has 3 rings (SSSR count). The second-order valence-electron chi connectivity index (χ2n) is 6.81. The van der Waals surface area contributed by atoms with Crippen molar-refractivity contribution in [2.45, 2.75) is 18.6 Å². The summed E-state index contributed by atoms with van der Waals surface area (Å²) in [5.41, 5.74) is 4.06. The van der Waals surface area contributed by atoms with E-state index in [4.69, 9.17) is 18.9 Å². The molecule has 11 heteroatoms. The first-order valence-corrected chi connectivity index (χ1v) is 11.3. The largest absolute Gasteiger partial charge is 0.497 e. The summed E-state index contributed by atoms with van der Waals surface area (Å²) in [4.78, 5) is 12.3. The first-order valence-electron chi connectivity index (χ1n) is 10.4. The van der Waals surface area contributed by atoms with Crippen LogP contribution in [-0.4, -0.2) is 61.1 Å². The number of carbonyl (C=O) groups excluding carboxylic acids is 1. The number of hydrogen-bond donors (Lipinski definition) is 1. The lowest BCUT2D eigenvalue weighted by Gasteiger charge is -2.10. The van der Waals surface area contributed by atoms with Crippen molar-refractivity contribution in [3.05, 3.63) is 42.0 Å². The first kappa shape index (κ1) is 24.9. The number of nitrogens with zero attached hydrogens (tertiary/aromatic N) is 4. The highest BCUT2D eigenvalue weighted by Gasteiger charge is 2.16.